The van der Waals surface area contributed by atoms with E-state index in [9.17, 15) is 26.9 Å². The van der Waals surface area contributed by atoms with Crippen LogP contribution in [-0.4, -0.2) is 101 Å². The van der Waals surface area contributed by atoms with Crippen LogP contribution in [0, 0.1) is 18.3 Å². The number of aromatic nitrogens is 3. The van der Waals surface area contributed by atoms with E-state index in [1.807, 2.05) is 6.07 Å². The summed E-state index contributed by atoms with van der Waals surface area (Å²) in [4.78, 5) is 14.0. The summed E-state index contributed by atoms with van der Waals surface area (Å²) in [6, 6.07) is 10.4. The number of hydrogen-bond donors (Lipinski definition) is 1. The molecule has 2 saturated heterocycles. The van der Waals surface area contributed by atoms with Crippen LogP contribution < -0.4 is 5.32 Å². The molecule has 6 rings (SSSR count). The van der Waals surface area contributed by atoms with Gasteiger partial charge in [-0.1, -0.05) is 6.07 Å². The van der Waals surface area contributed by atoms with Crippen LogP contribution in [0.15, 0.2) is 30.6 Å². The number of fused-ring (bicyclic) bond motifs is 2. The number of piperazine rings is 1. The van der Waals surface area contributed by atoms with Crippen molar-refractivity contribution in [2.75, 3.05) is 57.4 Å². The van der Waals surface area contributed by atoms with E-state index in [4.69, 9.17) is 0 Å². The second kappa shape index (κ2) is 13.3. The van der Waals surface area contributed by atoms with Crippen molar-refractivity contribution in [2.24, 2.45) is 0 Å². The van der Waals surface area contributed by atoms with Crippen LogP contribution >= 0.6 is 11.3 Å². The molecule has 252 valence electrons. The first-order valence-electron chi connectivity index (χ1n) is 15.8. The van der Waals surface area contributed by atoms with Gasteiger partial charge in [-0.15, -0.1) is 11.3 Å². The van der Waals surface area contributed by atoms with E-state index < -0.39 is 22.6 Å². The minimum absolute atomic E-state index is 0.0325. The van der Waals surface area contributed by atoms with Crippen LogP contribution in [0.1, 0.15) is 47.5 Å². The summed E-state index contributed by atoms with van der Waals surface area (Å²) in [6.45, 7) is 9.72. The molecule has 2 aliphatic heterocycles. The molecule has 1 atom stereocenters. The number of benzene rings is 1. The number of nitriles is 1. The molecule has 0 spiro atoms. The lowest BCUT2D eigenvalue weighted by Crippen LogP contribution is -2.49. The number of sulfonamides is 1. The van der Waals surface area contributed by atoms with Gasteiger partial charge in [-0.05, 0) is 56.0 Å². The lowest BCUT2D eigenvalue weighted by atomic mass is 10.0. The van der Waals surface area contributed by atoms with Crippen LogP contribution in [0.25, 0.3) is 21.1 Å². The molecule has 15 heteroatoms. The first kappa shape index (κ1) is 33.6. The van der Waals surface area contributed by atoms with Gasteiger partial charge in [0.15, 0.2) is 0 Å². The lowest BCUT2D eigenvalue weighted by molar-refractivity contribution is -0.126. The van der Waals surface area contributed by atoms with Crippen molar-refractivity contribution in [3.63, 3.8) is 0 Å². The van der Waals surface area contributed by atoms with E-state index in [0.29, 0.717) is 47.9 Å². The van der Waals surface area contributed by atoms with Crippen molar-refractivity contribution in [2.45, 2.75) is 57.9 Å². The lowest BCUT2D eigenvalue weighted by Gasteiger charge is -2.35. The minimum atomic E-state index is -4.27. The van der Waals surface area contributed by atoms with Gasteiger partial charge in [0.05, 0.1) is 18.1 Å². The molecule has 4 aromatic rings. The van der Waals surface area contributed by atoms with Crippen LogP contribution in [0.2, 0.25) is 0 Å². The third-order valence-corrected chi connectivity index (χ3v) is 11.7. The Bertz CT molecular complexity index is 1900. The number of halogens is 3. The van der Waals surface area contributed by atoms with Crippen LogP contribution in [0.5, 0.6) is 0 Å². The number of thiophene rings is 1. The third-order valence-electron chi connectivity index (χ3n) is 9.36. The van der Waals surface area contributed by atoms with E-state index in [0.717, 1.165) is 66.8 Å². The second-order valence-electron chi connectivity index (χ2n) is 12.7. The maximum atomic E-state index is 12.9. The fourth-order valence-corrected chi connectivity index (χ4v) is 8.75. The highest BCUT2D eigenvalue weighted by molar-refractivity contribution is 7.88. The number of likely N-dealkylation sites (tertiary alicyclic amines) is 1. The first-order valence-corrected chi connectivity index (χ1v) is 18.5. The standard InChI is InChI=1S/C32H39F3N8O2S2/c1-21(18-41-10-12-42(13-11-41)47(3,44)45)43-25(17-36)14-27-22(2)23(4-5-29(27)43)19-40-8-6-24(7-9-40)39-30-28-15-26(16-32(33,34)35)46-31(28)38-20-37-30/h4-5,14-15,20-21,24H,6-13,16,18-19H2,1-3H3,(H,37,38,39). The topological polar surface area (TPSA) is 110 Å². The molecule has 0 radical (unpaired) electrons. The third kappa shape index (κ3) is 7.57. The molecule has 0 aliphatic carbocycles. The van der Waals surface area contributed by atoms with Crippen molar-refractivity contribution < 1.29 is 21.6 Å². The Morgan fingerprint density at radius 1 is 1.06 bits per heavy atom. The summed E-state index contributed by atoms with van der Waals surface area (Å²) in [6.07, 6.45) is -0.835. The van der Waals surface area contributed by atoms with Gasteiger partial charge in [0, 0.05) is 80.2 Å². The predicted octanol–water partition coefficient (Wildman–Crippen LogP) is 5.15. The summed E-state index contributed by atoms with van der Waals surface area (Å²) < 4.78 is 66.3. The molecule has 0 amide bonds. The number of alkyl halides is 3. The van der Waals surface area contributed by atoms with Gasteiger partial charge in [-0.2, -0.15) is 22.7 Å². The Morgan fingerprint density at radius 3 is 2.45 bits per heavy atom. The highest BCUT2D eigenvalue weighted by Gasteiger charge is 2.30. The average molecular weight is 689 g/mol. The Labute approximate surface area is 276 Å². The zero-order valence-electron chi connectivity index (χ0n) is 26.7. The predicted molar refractivity (Wildman–Crippen MR) is 178 cm³/mol. The Kier molecular flexibility index (Phi) is 9.52. The fraction of sp³-hybridized carbons (Fsp3) is 0.531. The number of anilines is 1. The van der Waals surface area contributed by atoms with E-state index >= 15 is 0 Å². The zero-order chi connectivity index (χ0) is 33.5. The van der Waals surface area contributed by atoms with Crippen molar-refractivity contribution in [1.82, 2.24) is 28.6 Å². The van der Waals surface area contributed by atoms with Gasteiger partial charge in [0.25, 0.3) is 0 Å². The summed E-state index contributed by atoms with van der Waals surface area (Å²) >= 11 is 1.06. The van der Waals surface area contributed by atoms with Gasteiger partial charge in [0.2, 0.25) is 10.0 Å². The fourth-order valence-electron chi connectivity index (χ4n) is 6.89. The molecule has 1 N–H and O–H groups in total. The van der Waals surface area contributed by atoms with Crippen molar-refractivity contribution in [1.29, 1.82) is 5.26 Å². The summed E-state index contributed by atoms with van der Waals surface area (Å²) in [5.41, 5.74) is 4.01. The zero-order valence-corrected chi connectivity index (χ0v) is 28.4. The minimum Gasteiger partial charge on any atom is -0.367 e. The van der Waals surface area contributed by atoms with Crippen molar-refractivity contribution >= 4 is 48.3 Å². The molecule has 2 aliphatic rings. The van der Waals surface area contributed by atoms with E-state index in [1.54, 1.807) is 6.07 Å². The van der Waals surface area contributed by atoms with Gasteiger partial charge >= 0.3 is 6.18 Å². The number of nitrogens with zero attached hydrogens (tertiary/aromatic N) is 7. The maximum Gasteiger partial charge on any atom is 0.393 e. The van der Waals surface area contributed by atoms with E-state index in [1.165, 1.54) is 22.5 Å². The van der Waals surface area contributed by atoms with Crippen molar-refractivity contribution in [3.8, 4) is 6.07 Å². The normalized spacial score (nSPS) is 18.6. The monoisotopic (exact) mass is 688 g/mol. The molecule has 5 heterocycles. The molecule has 1 unspecified atom stereocenters. The summed E-state index contributed by atoms with van der Waals surface area (Å²) in [5.74, 6) is 0.586. The Balaban J connectivity index is 1.09. The largest absolute Gasteiger partial charge is 0.393 e. The Morgan fingerprint density at radius 2 is 1.79 bits per heavy atom. The van der Waals surface area contributed by atoms with Crippen LogP contribution in [-0.2, 0) is 23.0 Å². The quantitative estimate of drug-likeness (QED) is 0.258. The van der Waals surface area contributed by atoms with E-state index in [-0.39, 0.29) is 17.0 Å². The summed E-state index contributed by atoms with van der Waals surface area (Å²) in [7, 11) is -3.19. The van der Waals surface area contributed by atoms with Crippen LogP contribution in [0.4, 0.5) is 19.0 Å². The first-order chi connectivity index (χ1) is 22.3. The highest BCUT2D eigenvalue weighted by atomic mass is 32.2. The van der Waals surface area contributed by atoms with E-state index in [2.05, 4.69) is 61.7 Å². The molecule has 0 bridgehead atoms. The molecular formula is C32H39F3N8O2S2. The van der Waals surface area contributed by atoms with Crippen LogP contribution in [0.3, 0.4) is 0 Å². The maximum absolute atomic E-state index is 12.9. The van der Waals surface area contributed by atoms with Gasteiger partial charge in [0.1, 0.15) is 28.7 Å². The molecular weight excluding hydrogens is 650 g/mol. The SMILES string of the molecule is Cc1c(CN2CCC(Nc3ncnc4sc(CC(F)(F)F)cc34)CC2)ccc2c1cc(C#N)n2C(C)CN1CCN(S(C)(=O)=O)CC1. The van der Waals surface area contributed by atoms with Gasteiger partial charge in [-0.3, -0.25) is 9.80 Å². The second-order valence-corrected chi connectivity index (χ2v) is 15.8. The molecule has 47 heavy (non-hydrogen) atoms. The van der Waals surface area contributed by atoms with Gasteiger partial charge in [-0.25, -0.2) is 18.4 Å². The Hall–Kier alpha value is -3.29. The molecule has 0 saturated carbocycles. The number of rotatable bonds is 9. The number of hydrogen-bond acceptors (Lipinski definition) is 9. The molecule has 3 aromatic heterocycles. The molecule has 1 aromatic carbocycles. The van der Waals surface area contributed by atoms with Crippen molar-refractivity contribution in [3.05, 3.63) is 52.3 Å². The highest BCUT2D eigenvalue weighted by Crippen LogP contribution is 2.34. The molecule has 2 fully saturated rings. The summed E-state index contributed by atoms with van der Waals surface area (Å²) in [5, 5.41) is 15.2. The smallest absolute Gasteiger partial charge is 0.367 e. The molecule has 10 nitrogen and oxygen atoms in total. The number of piperidine rings is 1. The number of nitrogens with one attached hydrogen (secondary N) is 1. The number of aryl methyl sites for hydroxylation is 1. The van der Waals surface area contributed by atoms with Gasteiger partial charge < -0.3 is 9.88 Å². The average Bonchev–Trinajstić information content (AvgIpc) is 3.60.